The van der Waals surface area contributed by atoms with Gasteiger partial charge in [-0.2, -0.15) is 5.10 Å². The lowest BCUT2D eigenvalue weighted by molar-refractivity contribution is -0.117. The number of amides is 3. The molecule has 4 aromatic rings. The number of hydrogen-bond donors (Lipinski definition) is 3. The van der Waals surface area contributed by atoms with E-state index in [1.165, 1.54) is 7.05 Å². The summed E-state index contributed by atoms with van der Waals surface area (Å²) in [7, 11) is 3.56. The fraction of sp³-hybridized carbons (Fsp3) is 0.323. The number of carbonyl (C=O) groups excluding carboxylic acids is 3. The normalized spacial score (nSPS) is 17.3. The summed E-state index contributed by atoms with van der Waals surface area (Å²) in [6, 6.07) is 13.0. The summed E-state index contributed by atoms with van der Waals surface area (Å²) in [6.45, 7) is 3.25. The van der Waals surface area contributed by atoms with Gasteiger partial charge < -0.3 is 25.8 Å². The molecule has 13 heteroatoms. The summed E-state index contributed by atoms with van der Waals surface area (Å²) in [6.07, 6.45) is 5.24. The van der Waals surface area contributed by atoms with Crippen LogP contribution in [0, 0.1) is 5.92 Å². The molecule has 3 aromatic heterocycles. The van der Waals surface area contributed by atoms with Gasteiger partial charge in [-0.1, -0.05) is 18.2 Å². The molecular weight excluding hydrogens is 560 g/mol. The van der Waals surface area contributed by atoms with Crippen molar-refractivity contribution in [3.63, 3.8) is 0 Å². The number of likely N-dealkylation sites (tertiary alicyclic amines) is 1. The van der Waals surface area contributed by atoms with Crippen molar-refractivity contribution in [2.45, 2.75) is 31.8 Å². The van der Waals surface area contributed by atoms with Gasteiger partial charge in [0.15, 0.2) is 11.5 Å². The van der Waals surface area contributed by atoms with E-state index in [0.29, 0.717) is 24.5 Å². The molecule has 1 unspecified atom stereocenters. The zero-order valence-electron chi connectivity index (χ0n) is 24.6. The molecule has 1 aliphatic carbocycles. The predicted molar refractivity (Wildman–Crippen MR) is 164 cm³/mol. The van der Waals surface area contributed by atoms with Gasteiger partial charge in [0.05, 0.1) is 41.0 Å². The smallest absolute Gasteiger partial charge is 0.273 e. The van der Waals surface area contributed by atoms with Gasteiger partial charge in [0.1, 0.15) is 5.69 Å². The van der Waals surface area contributed by atoms with Crippen LogP contribution in [0.2, 0.25) is 0 Å². The fourth-order valence-electron chi connectivity index (χ4n) is 5.89. The van der Waals surface area contributed by atoms with Crippen molar-refractivity contribution in [1.29, 1.82) is 0 Å². The highest BCUT2D eigenvalue weighted by Gasteiger charge is 2.39. The first kappa shape index (κ1) is 27.5. The molecule has 2 fully saturated rings. The molecule has 7 rings (SSSR count). The first-order valence-electron chi connectivity index (χ1n) is 14.7. The number of nitrogens with zero attached hydrogens (tertiary/aromatic N) is 7. The Labute approximate surface area is 253 Å². The summed E-state index contributed by atoms with van der Waals surface area (Å²) in [5.41, 5.74) is 5.77. The molecule has 5 heterocycles. The Morgan fingerprint density at radius 2 is 1.80 bits per heavy atom. The van der Waals surface area contributed by atoms with Gasteiger partial charge in [-0.25, -0.2) is 0 Å². The van der Waals surface area contributed by atoms with Gasteiger partial charge in [0.2, 0.25) is 5.91 Å². The Kier molecular flexibility index (Phi) is 6.71. The number of para-hydroxylation sites is 1. The third-order valence-corrected chi connectivity index (χ3v) is 8.57. The second-order valence-electron chi connectivity index (χ2n) is 11.4. The van der Waals surface area contributed by atoms with E-state index in [-0.39, 0.29) is 41.3 Å². The van der Waals surface area contributed by atoms with Gasteiger partial charge in [-0.3, -0.25) is 24.0 Å². The van der Waals surface area contributed by atoms with Crippen molar-refractivity contribution >= 4 is 40.6 Å². The van der Waals surface area contributed by atoms with Crippen LogP contribution in [-0.4, -0.2) is 74.8 Å². The molecule has 0 bridgehead atoms. The molecule has 44 heavy (non-hydrogen) atoms. The van der Waals surface area contributed by atoms with Gasteiger partial charge >= 0.3 is 0 Å². The van der Waals surface area contributed by atoms with E-state index in [4.69, 9.17) is 5.10 Å². The topological polar surface area (TPSA) is 150 Å². The van der Waals surface area contributed by atoms with Crippen molar-refractivity contribution in [2.24, 2.45) is 5.92 Å². The Morgan fingerprint density at radius 1 is 0.977 bits per heavy atom. The van der Waals surface area contributed by atoms with Crippen LogP contribution in [0.3, 0.4) is 0 Å². The highest BCUT2D eigenvalue weighted by molar-refractivity contribution is 6.01. The summed E-state index contributed by atoms with van der Waals surface area (Å²) >= 11 is 0. The molecule has 1 saturated carbocycles. The van der Waals surface area contributed by atoms with Crippen LogP contribution in [0.15, 0.2) is 54.9 Å². The number of aromatic nitrogens is 5. The zero-order valence-corrected chi connectivity index (χ0v) is 24.6. The van der Waals surface area contributed by atoms with Gasteiger partial charge in [0, 0.05) is 56.5 Å². The minimum Gasteiger partial charge on any atom is -0.364 e. The maximum absolute atomic E-state index is 12.9. The third-order valence-electron chi connectivity index (χ3n) is 8.57. The first-order chi connectivity index (χ1) is 21.3. The van der Waals surface area contributed by atoms with E-state index in [9.17, 15) is 14.4 Å². The maximum atomic E-state index is 12.9. The lowest BCUT2D eigenvalue weighted by Gasteiger charge is -2.42. The van der Waals surface area contributed by atoms with Crippen LogP contribution >= 0.6 is 0 Å². The Hall–Kier alpha value is -5.33. The number of pyridine rings is 1. The third kappa shape index (κ3) is 4.70. The Balaban J connectivity index is 1.18. The van der Waals surface area contributed by atoms with Crippen molar-refractivity contribution in [1.82, 2.24) is 35.2 Å². The largest absolute Gasteiger partial charge is 0.364 e. The minimum absolute atomic E-state index is 0.00239. The Morgan fingerprint density at radius 3 is 2.52 bits per heavy atom. The molecule has 1 aromatic carbocycles. The summed E-state index contributed by atoms with van der Waals surface area (Å²) in [4.78, 5) is 46.1. The molecule has 2 aliphatic heterocycles. The van der Waals surface area contributed by atoms with Crippen molar-refractivity contribution in [2.75, 3.05) is 42.7 Å². The molecule has 224 valence electrons. The van der Waals surface area contributed by atoms with Crippen LogP contribution in [0.4, 0.5) is 22.9 Å². The van der Waals surface area contributed by atoms with E-state index in [1.807, 2.05) is 36.1 Å². The quantitative estimate of drug-likeness (QED) is 0.293. The highest BCUT2D eigenvalue weighted by Crippen LogP contribution is 2.49. The van der Waals surface area contributed by atoms with E-state index in [2.05, 4.69) is 49.0 Å². The standard InChI is InChI=1S/C31H32N10O3/c1-17-27-21(14-34-41(27)19-15-40(16-19)31(44)23-8-4-5-12-33-23)20-7-6-9-22(28(20)39(17)3)35-24-13-25(36-29(42)18-10-11-18)37-38-26(24)30(43)32-2/h4-9,12-14,17-19H,10-11,15-16H2,1-3H3,(H,32,43)(H2,35,36,37,42). The second-order valence-corrected chi connectivity index (χ2v) is 11.4. The van der Waals surface area contributed by atoms with Crippen molar-refractivity contribution in [3.8, 4) is 11.1 Å². The number of nitrogens with one attached hydrogen (secondary N) is 3. The molecule has 1 saturated heterocycles. The van der Waals surface area contributed by atoms with Crippen LogP contribution in [0.25, 0.3) is 11.1 Å². The van der Waals surface area contributed by atoms with E-state index in [0.717, 1.165) is 41.0 Å². The molecule has 3 N–H and O–H groups in total. The summed E-state index contributed by atoms with van der Waals surface area (Å²) in [5.74, 6) is -0.285. The van der Waals surface area contributed by atoms with Gasteiger partial charge in [-0.05, 0) is 38.0 Å². The second kappa shape index (κ2) is 10.7. The zero-order chi connectivity index (χ0) is 30.5. The highest BCUT2D eigenvalue weighted by atomic mass is 16.2. The van der Waals surface area contributed by atoms with Crippen LogP contribution in [-0.2, 0) is 4.79 Å². The first-order valence-corrected chi connectivity index (χ1v) is 14.7. The number of fused-ring (bicyclic) bond motifs is 3. The molecule has 0 spiro atoms. The van der Waals surface area contributed by atoms with Gasteiger partial charge in [-0.15, -0.1) is 10.2 Å². The molecule has 3 amide bonds. The van der Waals surface area contributed by atoms with Crippen LogP contribution in [0.1, 0.15) is 58.5 Å². The SMILES string of the molecule is CNC(=O)c1nnc(NC(=O)C2CC2)cc1Nc1cccc2c1N(C)C(C)c1c-2cnn1C1CN(C(=O)c2ccccn2)C1. The molecule has 3 aliphatic rings. The number of rotatable bonds is 7. The summed E-state index contributed by atoms with van der Waals surface area (Å²) < 4.78 is 2.05. The average Bonchev–Trinajstić information content (AvgIpc) is 3.79. The maximum Gasteiger partial charge on any atom is 0.273 e. The molecule has 13 nitrogen and oxygen atoms in total. The van der Waals surface area contributed by atoms with Crippen molar-refractivity contribution in [3.05, 3.63) is 71.9 Å². The van der Waals surface area contributed by atoms with Crippen molar-refractivity contribution < 1.29 is 14.4 Å². The van der Waals surface area contributed by atoms with Gasteiger partial charge in [0.25, 0.3) is 11.8 Å². The van der Waals surface area contributed by atoms with E-state index < -0.39 is 5.91 Å². The number of benzene rings is 1. The minimum atomic E-state index is -0.397. The van der Waals surface area contributed by atoms with E-state index >= 15 is 0 Å². The number of carbonyl (C=O) groups is 3. The Bertz CT molecular complexity index is 1780. The molecule has 1 atom stereocenters. The number of hydrogen-bond acceptors (Lipinski definition) is 9. The predicted octanol–water partition coefficient (Wildman–Crippen LogP) is 3.39. The lowest BCUT2D eigenvalue weighted by Crippen LogP contribution is -2.51. The molecule has 0 radical (unpaired) electrons. The monoisotopic (exact) mass is 592 g/mol. The van der Waals surface area contributed by atoms with Crippen LogP contribution < -0.4 is 20.9 Å². The van der Waals surface area contributed by atoms with Crippen LogP contribution in [0.5, 0.6) is 0 Å². The summed E-state index contributed by atoms with van der Waals surface area (Å²) in [5, 5.41) is 21.8. The van der Waals surface area contributed by atoms with E-state index in [1.54, 1.807) is 29.3 Å². The average molecular weight is 593 g/mol. The number of anilines is 4. The fourth-order valence-corrected chi connectivity index (χ4v) is 5.89. The lowest BCUT2D eigenvalue weighted by atomic mass is 9.93. The molecular formula is C31H32N10O3.